The maximum Gasteiger partial charge on any atom is 0.408 e. The minimum absolute atomic E-state index is 0.116. The first-order valence-electron chi connectivity index (χ1n) is 11.7. The highest BCUT2D eigenvalue weighted by Gasteiger charge is 2.35. The summed E-state index contributed by atoms with van der Waals surface area (Å²) < 4.78 is 48.6. The maximum atomic E-state index is 13.7. The lowest BCUT2D eigenvalue weighted by Crippen LogP contribution is -2.50. The molecule has 0 saturated carbocycles. The quantitative estimate of drug-likeness (QED) is 0.469. The first-order chi connectivity index (χ1) is 17.8. The number of rotatable bonds is 5. The molecule has 2 aromatic heterocycles. The van der Waals surface area contributed by atoms with Gasteiger partial charge in [0.05, 0.1) is 11.4 Å². The number of halogens is 3. The van der Waals surface area contributed by atoms with Crippen LogP contribution in [0.2, 0.25) is 0 Å². The molecule has 1 aliphatic rings. The van der Waals surface area contributed by atoms with E-state index < -0.39 is 42.1 Å². The van der Waals surface area contributed by atoms with Crippen LogP contribution in [0.1, 0.15) is 37.7 Å². The molecule has 3 heterocycles. The lowest BCUT2D eigenvalue weighted by atomic mass is 10.1. The van der Waals surface area contributed by atoms with Gasteiger partial charge in [0.25, 0.3) is 11.8 Å². The van der Waals surface area contributed by atoms with Crippen LogP contribution in [-0.4, -0.2) is 50.7 Å². The number of alkyl halides is 3. The Labute approximate surface area is 221 Å². The summed E-state index contributed by atoms with van der Waals surface area (Å²) in [7, 11) is 0. The van der Waals surface area contributed by atoms with Gasteiger partial charge in [0.2, 0.25) is 0 Å². The fourth-order valence-electron chi connectivity index (χ4n) is 3.59. The maximum absolute atomic E-state index is 13.7. The number of hydrogen-bond donors (Lipinski definition) is 1. The highest BCUT2D eigenvalue weighted by atomic mass is 32.2. The van der Waals surface area contributed by atoms with E-state index in [0.717, 1.165) is 11.1 Å². The predicted octanol–water partition coefficient (Wildman–Crippen LogP) is 5.08. The number of anilines is 1. The Balaban J connectivity index is 1.68. The number of carbonyl (C=O) groups is 2. The molecule has 38 heavy (non-hydrogen) atoms. The van der Waals surface area contributed by atoms with Crippen molar-refractivity contribution >= 4 is 29.6 Å². The zero-order chi connectivity index (χ0) is 27.7. The van der Waals surface area contributed by atoms with Crippen LogP contribution in [0.3, 0.4) is 0 Å². The second-order valence-corrected chi connectivity index (χ2v) is 10.8. The van der Waals surface area contributed by atoms with Crippen molar-refractivity contribution in [2.75, 3.05) is 10.7 Å². The number of ether oxygens (including phenoxy) is 1. The molecule has 1 atom stereocenters. The molecule has 0 fully saturated rings. The van der Waals surface area contributed by atoms with E-state index in [9.17, 15) is 22.8 Å². The van der Waals surface area contributed by atoms with Gasteiger partial charge in [-0.05, 0) is 45.4 Å². The van der Waals surface area contributed by atoms with Crippen molar-refractivity contribution in [3.05, 3.63) is 53.3 Å². The van der Waals surface area contributed by atoms with Gasteiger partial charge in [-0.3, -0.25) is 9.69 Å². The van der Waals surface area contributed by atoms with E-state index in [1.54, 1.807) is 26.8 Å². The highest BCUT2D eigenvalue weighted by Crippen LogP contribution is 2.36. The molecule has 0 radical (unpaired) electrons. The number of nitrogens with zero attached hydrogens (tertiary/aromatic N) is 4. The van der Waals surface area contributed by atoms with Gasteiger partial charge < -0.3 is 14.6 Å². The SMILES string of the molecule is Cc1ccc(CN2C(=O)[C@@H](NC(=O)OC(C)(C)C)CSc3ccc(-c4nc(CC(F)(F)F)no4)nc32)cc1. The summed E-state index contributed by atoms with van der Waals surface area (Å²) in [6, 6.07) is 9.88. The van der Waals surface area contributed by atoms with Crippen LogP contribution in [0.5, 0.6) is 0 Å². The Bertz CT molecular complexity index is 1320. The zero-order valence-corrected chi connectivity index (χ0v) is 21.9. The summed E-state index contributed by atoms with van der Waals surface area (Å²) in [5, 5.41) is 6.05. The molecule has 0 aliphatic carbocycles. The minimum atomic E-state index is -4.49. The number of hydrogen-bond acceptors (Lipinski definition) is 8. The summed E-state index contributed by atoms with van der Waals surface area (Å²) in [4.78, 5) is 36.6. The lowest BCUT2D eigenvalue weighted by molar-refractivity contribution is -0.128. The van der Waals surface area contributed by atoms with Gasteiger partial charge in [-0.15, -0.1) is 11.8 Å². The fourth-order valence-corrected chi connectivity index (χ4v) is 4.61. The van der Waals surface area contributed by atoms with Crippen LogP contribution in [0.4, 0.5) is 23.8 Å². The first kappa shape index (κ1) is 27.4. The fraction of sp³-hybridized carbons (Fsp3) is 0.400. The molecule has 0 unspecified atom stereocenters. The smallest absolute Gasteiger partial charge is 0.408 e. The molecule has 4 rings (SSSR count). The van der Waals surface area contributed by atoms with E-state index in [-0.39, 0.29) is 29.7 Å². The molecule has 9 nitrogen and oxygen atoms in total. The van der Waals surface area contributed by atoms with Gasteiger partial charge in [0.1, 0.15) is 29.6 Å². The molecular weight excluding hydrogens is 523 g/mol. The van der Waals surface area contributed by atoms with Crippen LogP contribution >= 0.6 is 11.8 Å². The third kappa shape index (κ3) is 7.03. The average molecular weight is 550 g/mol. The first-order valence-corrected chi connectivity index (χ1v) is 12.7. The number of benzene rings is 1. The standard InChI is InChI=1S/C25H26F3N5O4S/c1-14-5-7-15(8-6-14)12-33-20-18(38-13-17(22(33)34)30-23(35)36-24(2,3)4)10-9-16(29-20)21-31-19(32-37-21)11-25(26,27)28/h5-10,17H,11-13H2,1-4H3,(H,30,35)/t17-/m0/s1. The van der Waals surface area contributed by atoms with E-state index in [1.807, 2.05) is 31.2 Å². The molecule has 2 amide bonds. The van der Waals surface area contributed by atoms with Gasteiger partial charge in [-0.1, -0.05) is 35.0 Å². The van der Waals surface area contributed by atoms with Crippen LogP contribution in [0, 0.1) is 6.92 Å². The molecule has 13 heteroatoms. The molecule has 0 bridgehead atoms. The van der Waals surface area contributed by atoms with Crippen LogP contribution in [0.15, 0.2) is 45.8 Å². The lowest BCUT2D eigenvalue weighted by Gasteiger charge is -2.26. The van der Waals surface area contributed by atoms with Crippen LogP contribution < -0.4 is 10.2 Å². The van der Waals surface area contributed by atoms with Gasteiger partial charge in [-0.2, -0.15) is 18.2 Å². The Morgan fingerprint density at radius 1 is 1.16 bits per heavy atom. The van der Waals surface area contributed by atoms with Crippen molar-refractivity contribution in [3.8, 4) is 11.6 Å². The third-order valence-corrected chi connectivity index (χ3v) is 6.39. The van der Waals surface area contributed by atoms with Crippen molar-refractivity contribution in [3.63, 3.8) is 0 Å². The predicted molar refractivity (Wildman–Crippen MR) is 134 cm³/mol. The minimum Gasteiger partial charge on any atom is -0.444 e. The van der Waals surface area contributed by atoms with Crippen LogP contribution in [-0.2, 0) is 22.5 Å². The second-order valence-electron chi connectivity index (χ2n) is 9.75. The Morgan fingerprint density at radius 2 is 1.87 bits per heavy atom. The number of alkyl carbamates (subject to hydrolysis) is 1. The summed E-state index contributed by atoms with van der Waals surface area (Å²) in [5.41, 5.74) is 1.23. The van der Waals surface area contributed by atoms with E-state index in [1.165, 1.54) is 22.7 Å². The van der Waals surface area contributed by atoms with Crippen molar-refractivity contribution < 1.29 is 32.0 Å². The second kappa shape index (κ2) is 10.6. The summed E-state index contributed by atoms with van der Waals surface area (Å²) in [5.74, 6) is -0.662. The monoisotopic (exact) mass is 549 g/mol. The number of thioether (sulfide) groups is 1. The van der Waals surface area contributed by atoms with Gasteiger partial charge in [-0.25, -0.2) is 9.78 Å². The molecule has 3 aromatic rings. The molecule has 1 aromatic carbocycles. The van der Waals surface area contributed by atoms with E-state index in [4.69, 9.17) is 9.26 Å². The number of pyridine rings is 1. The summed E-state index contributed by atoms with van der Waals surface area (Å²) in [6.45, 7) is 7.24. The Hall–Kier alpha value is -3.61. The third-order valence-electron chi connectivity index (χ3n) is 5.26. The number of carbonyl (C=O) groups excluding carboxylic acids is 2. The van der Waals surface area contributed by atoms with Crippen molar-refractivity contribution in [2.45, 2.75) is 63.4 Å². The number of aryl methyl sites for hydroxylation is 1. The Kier molecular flexibility index (Phi) is 7.68. The number of amides is 2. The van der Waals surface area contributed by atoms with Crippen LogP contribution in [0.25, 0.3) is 11.6 Å². The molecule has 202 valence electrons. The normalized spacial score (nSPS) is 16.1. The Morgan fingerprint density at radius 3 is 2.53 bits per heavy atom. The van der Waals surface area contributed by atoms with E-state index in [2.05, 4.69) is 20.4 Å². The summed E-state index contributed by atoms with van der Waals surface area (Å²) in [6.07, 6.45) is -6.56. The van der Waals surface area contributed by atoms with Gasteiger partial charge in [0, 0.05) is 5.75 Å². The molecule has 1 N–H and O–H groups in total. The largest absolute Gasteiger partial charge is 0.444 e. The van der Waals surface area contributed by atoms with Crippen molar-refractivity contribution in [2.24, 2.45) is 0 Å². The van der Waals surface area contributed by atoms with Gasteiger partial charge >= 0.3 is 12.3 Å². The molecular formula is C25H26F3N5O4S. The van der Waals surface area contributed by atoms with E-state index >= 15 is 0 Å². The number of aromatic nitrogens is 3. The zero-order valence-electron chi connectivity index (χ0n) is 21.1. The number of fused-ring (bicyclic) bond motifs is 1. The van der Waals surface area contributed by atoms with Crippen molar-refractivity contribution in [1.29, 1.82) is 0 Å². The molecule has 0 spiro atoms. The average Bonchev–Trinajstić information content (AvgIpc) is 3.22. The topological polar surface area (TPSA) is 110 Å². The van der Waals surface area contributed by atoms with E-state index in [0.29, 0.717) is 4.90 Å². The van der Waals surface area contributed by atoms with Crippen molar-refractivity contribution in [1.82, 2.24) is 20.4 Å². The summed E-state index contributed by atoms with van der Waals surface area (Å²) >= 11 is 1.30. The molecule has 0 saturated heterocycles. The highest BCUT2D eigenvalue weighted by molar-refractivity contribution is 7.99. The number of nitrogens with one attached hydrogen (secondary N) is 1. The molecule has 1 aliphatic heterocycles. The van der Waals surface area contributed by atoms with Gasteiger partial charge in [0.15, 0.2) is 5.82 Å².